The molecule has 0 N–H and O–H groups in total. The molecule has 0 aliphatic carbocycles. The van der Waals surface area contributed by atoms with E-state index in [1.54, 1.807) is 17.8 Å². The zero-order valence-electron chi connectivity index (χ0n) is 11.9. The Morgan fingerprint density at radius 2 is 1.83 bits per heavy atom. The predicted octanol–water partition coefficient (Wildman–Crippen LogP) is 4.05. The maximum atomic E-state index is 5.96. The lowest BCUT2D eigenvalue weighted by Crippen LogP contribution is -1.90. The Hall–Kier alpha value is -1.53. The molecule has 4 heteroatoms. The first kappa shape index (κ1) is 16.5. The van der Waals surface area contributed by atoms with Gasteiger partial charge in [0.1, 0.15) is 11.2 Å². The van der Waals surface area contributed by atoms with E-state index in [1.807, 2.05) is 40.8 Å². The first-order valence-electron chi connectivity index (χ1n) is 6.14. The average Bonchev–Trinajstić information content (AvgIpc) is 2.73. The number of pyridine rings is 1. The minimum Gasteiger partial charge on any atom is -0.264 e. The van der Waals surface area contributed by atoms with E-state index in [-0.39, 0.29) is 0 Å². The lowest BCUT2D eigenvalue weighted by atomic mass is 10.2. The van der Waals surface area contributed by atoms with E-state index in [9.17, 15) is 0 Å². The van der Waals surface area contributed by atoms with Gasteiger partial charge in [0.15, 0.2) is 5.15 Å². The van der Waals surface area contributed by atoms with Crippen molar-refractivity contribution in [3.8, 4) is 11.8 Å². The molecule has 98 valence electrons. The summed E-state index contributed by atoms with van der Waals surface area (Å²) in [5, 5.41) is 5.66. The summed E-state index contributed by atoms with van der Waals surface area (Å²) in [6.45, 7) is 9.78. The zero-order valence-corrected chi connectivity index (χ0v) is 12.6. The van der Waals surface area contributed by atoms with Gasteiger partial charge in [-0.3, -0.25) is 4.68 Å². The Morgan fingerprint density at radius 3 is 2.39 bits per heavy atom. The van der Waals surface area contributed by atoms with Crippen molar-refractivity contribution in [1.29, 1.82) is 0 Å². The standard InChI is InChI=1S/C10H8ClN3.2C2H6/c1-3-4-8-7-5-6-12-10(11)9(7)14(2)13-8;2*1-2/h5-6H,1-2H3;2*1-2H3. The molecule has 0 aromatic carbocycles. The molecule has 0 fully saturated rings. The van der Waals surface area contributed by atoms with Crippen LogP contribution in [0.3, 0.4) is 0 Å². The van der Waals surface area contributed by atoms with Gasteiger partial charge in [0.25, 0.3) is 0 Å². The summed E-state index contributed by atoms with van der Waals surface area (Å²) in [4.78, 5) is 4.00. The molecule has 0 spiro atoms. The van der Waals surface area contributed by atoms with Crippen molar-refractivity contribution < 1.29 is 0 Å². The molecule has 2 rings (SSSR count). The van der Waals surface area contributed by atoms with Crippen LogP contribution in [0.5, 0.6) is 0 Å². The maximum absolute atomic E-state index is 5.96. The highest BCUT2D eigenvalue weighted by Crippen LogP contribution is 2.22. The van der Waals surface area contributed by atoms with Gasteiger partial charge in [-0.15, -0.1) is 0 Å². The number of hydrogen-bond donors (Lipinski definition) is 0. The van der Waals surface area contributed by atoms with E-state index in [4.69, 9.17) is 11.6 Å². The third kappa shape index (κ3) is 3.48. The SMILES string of the molecule is CC.CC.CC#Cc1nn(C)c2c(Cl)nccc12. The van der Waals surface area contributed by atoms with Crippen molar-refractivity contribution in [2.24, 2.45) is 7.05 Å². The van der Waals surface area contributed by atoms with Crippen molar-refractivity contribution in [3.63, 3.8) is 0 Å². The molecule has 0 saturated heterocycles. The molecule has 0 aliphatic heterocycles. The van der Waals surface area contributed by atoms with E-state index in [0.717, 1.165) is 16.6 Å². The lowest BCUT2D eigenvalue weighted by Gasteiger charge is -1.94. The normalized spacial score (nSPS) is 8.39. The van der Waals surface area contributed by atoms with Crippen molar-refractivity contribution in [2.75, 3.05) is 0 Å². The monoisotopic (exact) mass is 265 g/mol. The number of hydrogen-bond acceptors (Lipinski definition) is 2. The Morgan fingerprint density at radius 1 is 1.22 bits per heavy atom. The molecular weight excluding hydrogens is 246 g/mol. The van der Waals surface area contributed by atoms with Crippen LogP contribution >= 0.6 is 11.6 Å². The highest BCUT2D eigenvalue weighted by Gasteiger charge is 2.09. The van der Waals surface area contributed by atoms with Gasteiger partial charge in [0.05, 0.1) is 0 Å². The molecule has 0 amide bonds. The third-order valence-electron chi connectivity index (χ3n) is 1.95. The summed E-state index contributed by atoms with van der Waals surface area (Å²) in [6, 6.07) is 1.87. The number of fused-ring (bicyclic) bond motifs is 1. The smallest absolute Gasteiger partial charge is 0.154 e. The third-order valence-corrected chi connectivity index (χ3v) is 2.23. The molecule has 0 saturated carbocycles. The number of nitrogens with zero attached hydrogens (tertiary/aromatic N) is 3. The first-order valence-corrected chi connectivity index (χ1v) is 6.52. The van der Waals surface area contributed by atoms with Gasteiger partial charge < -0.3 is 0 Å². The summed E-state index contributed by atoms with van der Waals surface area (Å²) in [5.41, 5.74) is 1.57. The Kier molecular flexibility index (Phi) is 7.82. The summed E-state index contributed by atoms with van der Waals surface area (Å²) >= 11 is 5.96. The quantitative estimate of drug-likeness (QED) is 0.532. The molecule has 2 heterocycles. The molecule has 0 aliphatic rings. The van der Waals surface area contributed by atoms with Crippen LogP contribution < -0.4 is 0 Å². The van der Waals surface area contributed by atoms with Crippen LogP contribution in [-0.2, 0) is 7.05 Å². The fourth-order valence-electron chi connectivity index (χ4n) is 1.39. The fraction of sp³-hybridized carbons (Fsp3) is 0.429. The van der Waals surface area contributed by atoms with Gasteiger partial charge in [0, 0.05) is 18.6 Å². The molecule has 2 aromatic heterocycles. The highest BCUT2D eigenvalue weighted by atomic mass is 35.5. The summed E-state index contributed by atoms with van der Waals surface area (Å²) < 4.78 is 1.70. The molecule has 3 nitrogen and oxygen atoms in total. The van der Waals surface area contributed by atoms with Crippen molar-refractivity contribution in [3.05, 3.63) is 23.1 Å². The fourth-order valence-corrected chi connectivity index (χ4v) is 1.67. The average molecular weight is 266 g/mol. The van der Waals surface area contributed by atoms with E-state index in [1.165, 1.54) is 0 Å². The van der Waals surface area contributed by atoms with Gasteiger partial charge in [-0.25, -0.2) is 4.98 Å². The van der Waals surface area contributed by atoms with Gasteiger partial charge in [-0.05, 0) is 18.9 Å². The second-order valence-electron chi connectivity index (χ2n) is 2.85. The van der Waals surface area contributed by atoms with E-state index < -0.39 is 0 Å². The van der Waals surface area contributed by atoms with Gasteiger partial charge >= 0.3 is 0 Å². The predicted molar refractivity (Wildman–Crippen MR) is 78.8 cm³/mol. The van der Waals surface area contributed by atoms with E-state index in [0.29, 0.717) is 5.15 Å². The Balaban J connectivity index is 0.000000659. The minimum absolute atomic E-state index is 0.460. The van der Waals surface area contributed by atoms with Gasteiger partial charge in [0.2, 0.25) is 0 Å². The molecule has 0 unspecified atom stereocenters. The lowest BCUT2D eigenvalue weighted by molar-refractivity contribution is 0.791. The largest absolute Gasteiger partial charge is 0.264 e. The molecular formula is C14H20ClN3. The van der Waals surface area contributed by atoms with E-state index in [2.05, 4.69) is 21.9 Å². The molecule has 0 atom stereocenters. The van der Waals surface area contributed by atoms with Crippen LogP contribution in [0.4, 0.5) is 0 Å². The van der Waals surface area contributed by atoms with Crippen LogP contribution in [0, 0.1) is 11.8 Å². The zero-order chi connectivity index (χ0) is 14.1. The van der Waals surface area contributed by atoms with Crippen molar-refractivity contribution in [1.82, 2.24) is 14.8 Å². The summed E-state index contributed by atoms with van der Waals surface area (Å²) in [7, 11) is 1.83. The Bertz CT molecular complexity index is 547. The molecule has 0 bridgehead atoms. The number of rotatable bonds is 0. The van der Waals surface area contributed by atoms with Crippen LogP contribution in [0.15, 0.2) is 12.3 Å². The van der Waals surface area contributed by atoms with Gasteiger partial charge in [-0.2, -0.15) is 5.10 Å². The maximum Gasteiger partial charge on any atom is 0.154 e. The second kappa shape index (κ2) is 8.54. The molecule has 18 heavy (non-hydrogen) atoms. The van der Waals surface area contributed by atoms with Crippen molar-refractivity contribution >= 4 is 22.5 Å². The molecule has 2 aromatic rings. The van der Waals surface area contributed by atoms with E-state index >= 15 is 0 Å². The van der Waals surface area contributed by atoms with Crippen LogP contribution in [-0.4, -0.2) is 14.8 Å². The number of aromatic nitrogens is 3. The highest BCUT2D eigenvalue weighted by molar-refractivity contribution is 6.33. The van der Waals surface area contributed by atoms with Crippen LogP contribution in [0.2, 0.25) is 5.15 Å². The Labute approximate surface area is 114 Å². The number of aryl methyl sites for hydroxylation is 1. The minimum atomic E-state index is 0.460. The van der Waals surface area contributed by atoms with Crippen LogP contribution in [0.25, 0.3) is 10.9 Å². The first-order chi connectivity index (χ1) is 8.74. The molecule has 0 radical (unpaired) electrons. The number of halogens is 1. The topological polar surface area (TPSA) is 30.7 Å². The summed E-state index contributed by atoms with van der Waals surface area (Å²) in [5.74, 6) is 5.75. The van der Waals surface area contributed by atoms with Crippen LogP contribution in [0.1, 0.15) is 40.3 Å². The summed E-state index contributed by atoms with van der Waals surface area (Å²) in [6.07, 6.45) is 1.66. The second-order valence-corrected chi connectivity index (χ2v) is 3.20. The van der Waals surface area contributed by atoms with Crippen molar-refractivity contribution in [2.45, 2.75) is 34.6 Å². The van der Waals surface area contributed by atoms with Gasteiger partial charge in [-0.1, -0.05) is 45.2 Å².